The quantitative estimate of drug-likeness (QED) is 0.102. The van der Waals surface area contributed by atoms with Crippen molar-refractivity contribution in [3.8, 4) is 5.75 Å². The number of aromatic amines is 1. The maximum Gasteiger partial charge on any atom is 0.328 e. The van der Waals surface area contributed by atoms with Crippen LogP contribution in [0.5, 0.6) is 5.75 Å². The number of aromatic nitrogens is 2. The van der Waals surface area contributed by atoms with Crippen LogP contribution in [0, 0.1) is 5.92 Å². The van der Waals surface area contributed by atoms with Crippen molar-refractivity contribution in [1.82, 2.24) is 15.3 Å². The highest BCUT2D eigenvalue weighted by molar-refractivity contribution is 5.78. The Labute approximate surface area is 266 Å². The van der Waals surface area contributed by atoms with E-state index in [4.69, 9.17) is 48.1 Å². The molecule has 1 saturated heterocycles. The van der Waals surface area contributed by atoms with Crippen molar-refractivity contribution in [3.05, 3.63) is 48.0 Å². The molecular weight excluding hydrogens is 606 g/mol. The molecule has 0 bridgehead atoms. The van der Waals surface area contributed by atoms with Crippen LogP contribution >= 0.6 is 0 Å². The minimum Gasteiger partial charge on any atom is -0.480 e. The fourth-order valence-electron chi connectivity index (χ4n) is 3.32. The third-order valence-corrected chi connectivity index (χ3v) is 6.49. The largest absolute Gasteiger partial charge is 0.480 e. The zero-order chi connectivity index (χ0) is 35.4. The van der Waals surface area contributed by atoms with Crippen molar-refractivity contribution >= 4 is 29.8 Å². The van der Waals surface area contributed by atoms with E-state index in [0.717, 1.165) is 31.4 Å². The zero-order valence-electron chi connectivity index (χ0n) is 26.2. The number of carboxylic acids is 4. The highest BCUT2D eigenvalue weighted by Gasteiger charge is 2.22. The minimum absolute atomic E-state index is 0.0466. The fourth-order valence-corrected chi connectivity index (χ4v) is 3.32. The maximum atomic E-state index is 11.8. The molecule has 17 heteroatoms. The van der Waals surface area contributed by atoms with E-state index in [-0.39, 0.29) is 24.8 Å². The number of nitrogens with one attached hydrogen (secondary N) is 2. The number of benzene rings is 1. The number of H-pyrrole nitrogens is 1. The summed E-state index contributed by atoms with van der Waals surface area (Å²) in [6.07, 6.45) is 6.18. The number of imidazole rings is 1. The van der Waals surface area contributed by atoms with Crippen LogP contribution in [0.3, 0.4) is 0 Å². The monoisotopic (exact) mass is 653 g/mol. The Hall–Kier alpha value is -4.42. The van der Waals surface area contributed by atoms with Gasteiger partial charge in [0.2, 0.25) is 0 Å². The summed E-state index contributed by atoms with van der Waals surface area (Å²) < 4.78 is 5.20. The Morgan fingerprint density at radius 3 is 1.83 bits per heavy atom. The van der Waals surface area contributed by atoms with Crippen molar-refractivity contribution in [2.45, 2.75) is 83.1 Å². The fraction of sp³-hybridized carbons (Fsp3) is 0.517. The number of rotatable bonds is 12. The van der Waals surface area contributed by atoms with Gasteiger partial charge in [-0.3, -0.25) is 19.2 Å². The van der Waals surface area contributed by atoms with E-state index >= 15 is 0 Å². The SMILES string of the molecule is CC[C@H](C)[C@H](N)C(=O)Oc1ccc(C[C@H](N)C(=O)O)cc1.C[C@@H](N)C(=O)O.N[C@@H](Cc1c[nH]cn1)C(=O)O.O=C(O)[C@@H]1CCCN1. The van der Waals surface area contributed by atoms with Gasteiger partial charge < -0.3 is 58.4 Å². The van der Waals surface area contributed by atoms with Gasteiger partial charge in [0.05, 0.1) is 12.0 Å². The second-order valence-corrected chi connectivity index (χ2v) is 10.4. The van der Waals surface area contributed by atoms with Crippen LogP contribution in [0.1, 0.15) is 51.3 Å². The Morgan fingerprint density at radius 2 is 1.46 bits per heavy atom. The smallest absolute Gasteiger partial charge is 0.328 e. The van der Waals surface area contributed by atoms with E-state index in [2.05, 4.69) is 15.3 Å². The van der Waals surface area contributed by atoms with Crippen LogP contribution in [0.25, 0.3) is 0 Å². The number of ether oxygens (including phenoxy) is 1. The van der Waals surface area contributed by atoms with Crippen LogP contribution in [0.2, 0.25) is 0 Å². The highest BCUT2D eigenvalue weighted by atomic mass is 16.5. The number of nitrogens with zero attached hydrogens (tertiary/aromatic N) is 1. The number of hydrogen-bond acceptors (Lipinski definition) is 12. The van der Waals surface area contributed by atoms with Gasteiger partial charge in [0.25, 0.3) is 0 Å². The van der Waals surface area contributed by atoms with Gasteiger partial charge in [-0.2, -0.15) is 0 Å². The van der Waals surface area contributed by atoms with E-state index in [0.29, 0.717) is 11.4 Å². The second kappa shape index (κ2) is 22.1. The van der Waals surface area contributed by atoms with Crippen LogP contribution in [-0.4, -0.2) is 97.0 Å². The average molecular weight is 654 g/mol. The van der Waals surface area contributed by atoms with Gasteiger partial charge in [0.1, 0.15) is 36.0 Å². The van der Waals surface area contributed by atoms with Crippen LogP contribution in [0.4, 0.5) is 0 Å². The predicted molar refractivity (Wildman–Crippen MR) is 167 cm³/mol. The lowest BCUT2D eigenvalue weighted by Gasteiger charge is -2.16. The van der Waals surface area contributed by atoms with Gasteiger partial charge in [-0.05, 0) is 56.3 Å². The number of carbonyl (C=O) groups excluding carboxylic acids is 1. The summed E-state index contributed by atoms with van der Waals surface area (Å²) in [6.45, 7) is 6.12. The topological polar surface area (TPSA) is 320 Å². The number of hydrogen-bond donors (Lipinski definition) is 10. The van der Waals surface area contributed by atoms with E-state index in [9.17, 15) is 24.0 Å². The summed E-state index contributed by atoms with van der Waals surface area (Å²) in [5.41, 5.74) is 22.8. The summed E-state index contributed by atoms with van der Waals surface area (Å²) in [5, 5.41) is 36.2. The lowest BCUT2D eigenvalue weighted by molar-refractivity contribution is -0.139. The van der Waals surface area contributed by atoms with Crippen molar-refractivity contribution in [3.63, 3.8) is 0 Å². The molecule has 0 spiro atoms. The normalized spacial score (nSPS) is 16.6. The van der Waals surface area contributed by atoms with Gasteiger partial charge in [-0.15, -0.1) is 0 Å². The molecule has 14 N–H and O–H groups in total. The molecule has 6 atom stereocenters. The molecule has 258 valence electrons. The molecule has 0 saturated carbocycles. The lowest BCUT2D eigenvalue weighted by atomic mass is 10.0. The molecule has 1 aliphatic rings. The lowest BCUT2D eigenvalue weighted by Crippen LogP contribution is -2.39. The molecular formula is C29H47N7O10. The van der Waals surface area contributed by atoms with Crippen molar-refractivity contribution in [2.75, 3.05) is 6.54 Å². The minimum atomic E-state index is -1.05. The number of nitrogens with two attached hydrogens (primary N) is 4. The van der Waals surface area contributed by atoms with Crippen LogP contribution in [0.15, 0.2) is 36.8 Å². The maximum absolute atomic E-state index is 11.8. The number of aliphatic carboxylic acids is 4. The molecule has 17 nitrogen and oxygen atoms in total. The Morgan fingerprint density at radius 1 is 0.913 bits per heavy atom. The molecule has 46 heavy (non-hydrogen) atoms. The first kappa shape index (κ1) is 41.6. The van der Waals surface area contributed by atoms with Crippen LogP contribution < -0.4 is 33.0 Å². The second-order valence-electron chi connectivity index (χ2n) is 10.4. The first-order valence-corrected chi connectivity index (χ1v) is 14.4. The van der Waals surface area contributed by atoms with Crippen molar-refractivity contribution < 1.29 is 49.1 Å². The Kier molecular flexibility index (Phi) is 20.0. The molecule has 3 rings (SSSR count). The summed E-state index contributed by atoms with van der Waals surface area (Å²) in [4.78, 5) is 59.0. The predicted octanol–water partition coefficient (Wildman–Crippen LogP) is -0.475. The van der Waals surface area contributed by atoms with E-state index in [1.807, 2.05) is 13.8 Å². The van der Waals surface area contributed by atoms with E-state index < -0.39 is 54.0 Å². The van der Waals surface area contributed by atoms with Gasteiger partial charge in [-0.1, -0.05) is 32.4 Å². The molecule has 0 radical (unpaired) electrons. The first-order chi connectivity index (χ1) is 21.5. The Bertz CT molecular complexity index is 1200. The van der Waals surface area contributed by atoms with Crippen LogP contribution in [-0.2, 0) is 36.8 Å². The summed E-state index contributed by atoms with van der Waals surface area (Å²) in [5.74, 6) is -3.79. The zero-order valence-corrected chi connectivity index (χ0v) is 26.2. The number of carboxylic acid groups (broad SMARTS) is 4. The average Bonchev–Trinajstić information content (AvgIpc) is 3.73. The number of carbonyl (C=O) groups is 5. The summed E-state index contributed by atoms with van der Waals surface area (Å²) in [6, 6.07) is 3.10. The molecule has 0 unspecified atom stereocenters. The van der Waals surface area contributed by atoms with Crippen molar-refractivity contribution in [2.24, 2.45) is 28.9 Å². The molecule has 1 aliphatic heterocycles. The van der Waals surface area contributed by atoms with Gasteiger partial charge in [0, 0.05) is 12.6 Å². The molecule has 1 aromatic carbocycles. The van der Waals surface area contributed by atoms with Gasteiger partial charge in [-0.25, -0.2) is 9.78 Å². The molecule has 1 aromatic heterocycles. The summed E-state index contributed by atoms with van der Waals surface area (Å²) in [7, 11) is 0. The number of esters is 1. The third-order valence-electron chi connectivity index (χ3n) is 6.49. The highest BCUT2D eigenvalue weighted by Crippen LogP contribution is 2.15. The third kappa shape index (κ3) is 17.8. The van der Waals surface area contributed by atoms with Gasteiger partial charge >= 0.3 is 29.8 Å². The molecule has 2 aromatic rings. The summed E-state index contributed by atoms with van der Waals surface area (Å²) >= 11 is 0. The molecule has 1 fully saturated rings. The van der Waals surface area contributed by atoms with Crippen molar-refractivity contribution in [1.29, 1.82) is 0 Å². The van der Waals surface area contributed by atoms with Gasteiger partial charge in [0.15, 0.2) is 0 Å². The van der Waals surface area contributed by atoms with E-state index in [1.165, 1.54) is 13.3 Å². The standard InChI is InChI=1S/C15H22N2O4.C6H9N3O2.C5H9NO2.C3H7NO2/c1-3-9(2)13(17)15(20)21-11-6-4-10(5-7-11)8-12(16)14(18)19;7-5(6(10)11)1-4-2-8-3-9-4;7-5(8)4-2-1-3-6-4;1-2(4)3(5)6/h4-7,9,12-13H,3,8,16-17H2,1-2H3,(H,18,19);2-3,5H,1,7H2,(H,8,9)(H,10,11);4,6H,1-3H2,(H,7,8);2H,4H2,1H3,(H,5,6)/t9-,12-,13-;5-;4-;2-/m0001/s1. The Balaban J connectivity index is 0.000000670. The molecule has 0 aliphatic carbocycles. The molecule has 0 amide bonds. The molecule has 2 heterocycles. The van der Waals surface area contributed by atoms with E-state index in [1.54, 1.807) is 30.5 Å². The first-order valence-electron chi connectivity index (χ1n) is 14.4.